The summed E-state index contributed by atoms with van der Waals surface area (Å²) in [5, 5.41) is 21.7. The average molecular weight is 521 g/mol. The van der Waals surface area contributed by atoms with E-state index in [2.05, 4.69) is 27.7 Å². The Morgan fingerprint density at radius 2 is 1.38 bits per heavy atom. The van der Waals surface area contributed by atoms with Gasteiger partial charge in [-0.1, -0.05) is 79.1 Å². The first-order chi connectivity index (χ1) is 17.3. The number of esters is 2. The maximum Gasteiger partial charge on any atom is 0.341 e. The van der Waals surface area contributed by atoms with Crippen molar-refractivity contribution in [3.63, 3.8) is 0 Å². The molecule has 37 heavy (non-hydrogen) atoms. The fraction of sp³-hybridized carbons (Fsp3) is 0.742. The molecule has 0 saturated carbocycles. The van der Waals surface area contributed by atoms with Gasteiger partial charge in [0.15, 0.2) is 0 Å². The van der Waals surface area contributed by atoms with Crippen molar-refractivity contribution in [1.29, 1.82) is 0 Å². The van der Waals surface area contributed by atoms with Crippen molar-refractivity contribution >= 4 is 11.9 Å². The lowest BCUT2D eigenvalue weighted by Crippen LogP contribution is -2.25. The highest BCUT2D eigenvalue weighted by atomic mass is 16.5. The van der Waals surface area contributed by atoms with Crippen molar-refractivity contribution in [2.45, 2.75) is 118 Å². The number of hydrogen-bond donors (Lipinski definition) is 2. The van der Waals surface area contributed by atoms with E-state index in [0.29, 0.717) is 36.3 Å². The van der Waals surface area contributed by atoms with Crippen LogP contribution in [0.15, 0.2) is 6.07 Å². The van der Waals surface area contributed by atoms with Crippen molar-refractivity contribution in [2.24, 2.45) is 17.8 Å². The third-order valence-corrected chi connectivity index (χ3v) is 7.62. The number of rotatable bonds is 17. The summed E-state index contributed by atoms with van der Waals surface area (Å²) in [6.07, 6.45) is 11.3. The van der Waals surface area contributed by atoms with Crippen LogP contribution in [-0.4, -0.2) is 42.0 Å². The van der Waals surface area contributed by atoms with Gasteiger partial charge in [-0.05, 0) is 68.1 Å². The van der Waals surface area contributed by atoms with Crippen LogP contribution in [-0.2, 0) is 15.9 Å². The highest BCUT2D eigenvalue weighted by Gasteiger charge is 2.28. The molecule has 0 spiro atoms. The Bertz CT molecular complexity index is 858. The molecule has 2 N–H and O–H groups in total. The zero-order valence-corrected chi connectivity index (χ0v) is 24.6. The van der Waals surface area contributed by atoms with E-state index in [9.17, 15) is 19.8 Å². The Hall–Kier alpha value is -2.08. The van der Waals surface area contributed by atoms with E-state index in [1.165, 1.54) is 58.8 Å². The second kappa shape index (κ2) is 16.0. The number of aromatic hydroxyl groups is 1. The number of methoxy groups -OCH3 is 2. The summed E-state index contributed by atoms with van der Waals surface area (Å²) < 4.78 is 9.59. The summed E-state index contributed by atoms with van der Waals surface area (Å²) in [4.78, 5) is 24.5. The van der Waals surface area contributed by atoms with E-state index in [4.69, 9.17) is 9.47 Å². The largest absolute Gasteiger partial charge is 0.506 e. The van der Waals surface area contributed by atoms with Gasteiger partial charge >= 0.3 is 11.9 Å². The average Bonchev–Trinajstić information content (AvgIpc) is 2.82. The van der Waals surface area contributed by atoms with Crippen LogP contribution in [0.1, 0.15) is 131 Å². The van der Waals surface area contributed by atoms with Gasteiger partial charge in [-0.15, -0.1) is 0 Å². The summed E-state index contributed by atoms with van der Waals surface area (Å²) in [6, 6.07) is 1.52. The van der Waals surface area contributed by atoms with Gasteiger partial charge in [0.05, 0.1) is 19.8 Å². The molecule has 0 fully saturated rings. The van der Waals surface area contributed by atoms with E-state index >= 15 is 0 Å². The van der Waals surface area contributed by atoms with E-state index in [0.717, 1.165) is 24.7 Å². The molecule has 0 heterocycles. The van der Waals surface area contributed by atoms with Gasteiger partial charge in [0, 0.05) is 0 Å². The van der Waals surface area contributed by atoms with Gasteiger partial charge in [-0.3, -0.25) is 0 Å². The highest BCUT2D eigenvalue weighted by molar-refractivity contribution is 6.01. The van der Waals surface area contributed by atoms with E-state index in [1.807, 2.05) is 6.92 Å². The van der Waals surface area contributed by atoms with Gasteiger partial charge in [0.2, 0.25) is 0 Å². The maximum absolute atomic E-state index is 12.5. The Kier molecular flexibility index (Phi) is 14.3. The molecule has 3 atom stereocenters. The van der Waals surface area contributed by atoms with Gasteiger partial charge in [0.25, 0.3) is 0 Å². The van der Waals surface area contributed by atoms with Gasteiger partial charge in [0.1, 0.15) is 16.9 Å². The minimum Gasteiger partial charge on any atom is -0.506 e. The summed E-state index contributed by atoms with van der Waals surface area (Å²) in [5.41, 5.74) is 0.233. The molecule has 1 aromatic carbocycles. The lowest BCUT2D eigenvalue weighted by atomic mass is 9.86. The molecular weight excluding hydrogens is 468 g/mol. The monoisotopic (exact) mass is 520 g/mol. The number of ether oxygens (including phenoxy) is 2. The Morgan fingerprint density at radius 1 is 0.865 bits per heavy atom. The van der Waals surface area contributed by atoms with Gasteiger partial charge in [-0.2, -0.15) is 0 Å². The quantitative estimate of drug-likeness (QED) is 0.208. The zero-order valence-electron chi connectivity index (χ0n) is 24.6. The van der Waals surface area contributed by atoms with Crippen LogP contribution in [0.25, 0.3) is 0 Å². The van der Waals surface area contributed by atoms with E-state index in [-0.39, 0.29) is 11.1 Å². The molecule has 0 saturated heterocycles. The first-order valence-electron chi connectivity index (χ1n) is 14.1. The smallest absolute Gasteiger partial charge is 0.341 e. The predicted molar refractivity (Wildman–Crippen MR) is 149 cm³/mol. The second-order valence-corrected chi connectivity index (χ2v) is 11.8. The minimum absolute atomic E-state index is 0.0363. The molecule has 0 aliphatic rings. The number of carbonyl (C=O) groups excluding carboxylic acids is 2. The fourth-order valence-electron chi connectivity index (χ4n) is 5.09. The molecule has 0 radical (unpaired) electrons. The number of carbonyl (C=O) groups is 2. The maximum atomic E-state index is 12.5. The highest BCUT2D eigenvalue weighted by Crippen LogP contribution is 2.33. The van der Waals surface area contributed by atoms with Gasteiger partial charge < -0.3 is 19.7 Å². The van der Waals surface area contributed by atoms with Crippen LogP contribution in [0.5, 0.6) is 5.75 Å². The number of aliphatic hydroxyl groups is 1. The molecule has 0 aliphatic carbocycles. The van der Waals surface area contributed by atoms with Gasteiger partial charge in [-0.25, -0.2) is 9.59 Å². The van der Waals surface area contributed by atoms with Crippen LogP contribution >= 0.6 is 0 Å². The predicted octanol–water partition coefficient (Wildman–Crippen LogP) is 7.40. The topological polar surface area (TPSA) is 93.1 Å². The molecule has 212 valence electrons. The van der Waals surface area contributed by atoms with E-state index < -0.39 is 23.3 Å². The lowest BCUT2D eigenvalue weighted by Gasteiger charge is -2.25. The molecule has 1 aromatic rings. The number of aryl methyl sites for hydroxylation is 1. The fourth-order valence-corrected chi connectivity index (χ4v) is 5.09. The van der Waals surface area contributed by atoms with Crippen molar-refractivity contribution in [3.05, 3.63) is 28.3 Å². The summed E-state index contributed by atoms with van der Waals surface area (Å²) >= 11 is 0. The van der Waals surface area contributed by atoms with Crippen LogP contribution in [0, 0.1) is 24.7 Å². The number of benzene rings is 1. The number of phenols is 1. The second-order valence-electron chi connectivity index (χ2n) is 11.8. The molecule has 0 bridgehead atoms. The first kappa shape index (κ1) is 32.9. The Balaban J connectivity index is 2.61. The Labute approximate surface area is 225 Å². The summed E-state index contributed by atoms with van der Waals surface area (Å²) in [6.45, 7) is 12.9. The third-order valence-electron chi connectivity index (χ3n) is 7.62. The zero-order chi connectivity index (χ0) is 28.2. The standard InChI is InChI=1S/C31H52O6/c1-21(2)12-9-13-22(3)14-10-15-23(4)16-11-18-31(6,35)19-17-25-24(5)20-26(29(33)36-7)28(32)27(25)30(34)37-8/h20-23,32,35H,9-19H2,1-8H3. The van der Waals surface area contributed by atoms with Crippen molar-refractivity contribution < 1.29 is 29.3 Å². The van der Waals surface area contributed by atoms with Crippen LogP contribution in [0.2, 0.25) is 0 Å². The lowest BCUT2D eigenvalue weighted by molar-refractivity contribution is 0.0381. The molecule has 6 heteroatoms. The minimum atomic E-state index is -0.902. The molecule has 0 aromatic heterocycles. The van der Waals surface area contributed by atoms with E-state index in [1.54, 1.807) is 6.92 Å². The summed E-state index contributed by atoms with van der Waals surface area (Å²) in [5.74, 6) is 0.341. The molecule has 0 amide bonds. The summed E-state index contributed by atoms with van der Waals surface area (Å²) in [7, 11) is 2.45. The number of hydrogen-bond acceptors (Lipinski definition) is 6. The van der Waals surface area contributed by atoms with Crippen LogP contribution in [0.4, 0.5) is 0 Å². The third kappa shape index (κ3) is 11.5. The van der Waals surface area contributed by atoms with Crippen molar-refractivity contribution in [3.8, 4) is 5.75 Å². The molecular formula is C31H52O6. The van der Waals surface area contributed by atoms with Crippen molar-refractivity contribution in [1.82, 2.24) is 0 Å². The number of phenolic OH excluding ortho intramolecular Hbond substituents is 1. The van der Waals surface area contributed by atoms with Crippen LogP contribution in [0.3, 0.4) is 0 Å². The SMILES string of the molecule is COC(=O)c1cc(C)c(CCC(C)(O)CCCC(C)CCCC(C)CCCC(C)C)c(C(=O)OC)c1O. The van der Waals surface area contributed by atoms with Crippen molar-refractivity contribution in [2.75, 3.05) is 14.2 Å². The van der Waals surface area contributed by atoms with Crippen LogP contribution < -0.4 is 0 Å². The normalized spacial score (nSPS) is 14.8. The molecule has 6 nitrogen and oxygen atoms in total. The molecule has 3 unspecified atom stereocenters. The molecule has 1 rings (SSSR count). The first-order valence-corrected chi connectivity index (χ1v) is 14.1. The Morgan fingerprint density at radius 3 is 1.89 bits per heavy atom. The molecule has 0 aliphatic heterocycles.